The van der Waals surface area contributed by atoms with Gasteiger partial charge in [0.2, 0.25) is 0 Å². The van der Waals surface area contributed by atoms with Crippen LogP contribution in [0.3, 0.4) is 0 Å². The second-order valence-electron chi connectivity index (χ2n) is 1.74. The number of carbonyl (C=O) groups is 2. The summed E-state index contributed by atoms with van der Waals surface area (Å²) >= 11 is 0. The molecule has 0 aliphatic carbocycles. The molecule has 0 aromatic carbocycles. The molecule has 6 heteroatoms. The third kappa shape index (κ3) is 2.51. The number of hydrogen-bond acceptors (Lipinski definition) is 5. The van der Waals surface area contributed by atoms with Crippen molar-refractivity contribution in [1.29, 1.82) is 0 Å². The molecule has 0 bridgehead atoms. The quantitative estimate of drug-likeness (QED) is 0.490. The zero-order valence-corrected chi connectivity index (χ0v) is 8.11. The summed E-state index contributed by atoms with van der Waals surface area (Å²) in [6, 6.07) is 1.97. The van der Waals surface area contributed by atoms with E-state index in [0.29, 0.717) is 0 Å². The number of hydrogen-bond donors (Lipinski definition) is 0. The minimum Gasteiger partial charge on any atom is -0.542 e. The molecule has 1 rings (SSSR count). The maximum Gasteiger partial charge on any atom is 2.00 e. The number of rotatable bonds is 2. The standard InChI is InChI=1S/C6H4O5.Ca/c7-5(8)3-1-2-4(11-3)6(9)10;/h1-2H,(H,7,8)(H,9,10);/q;+2/p-2. The van der Waals surface area contributed by atoms with Gasteiger partial charge in [-0.2, -0.15) is 0 Å². The molecule has 0 radical (unpaired) electrons. The predicted octanol–water partition coefficient (Wildman–Crippen LogP) is -2.37. The van der Waals surface area contributed by atoms with Gasteiger partial charge in [-0.3, -0.25) is 0 Å². The van der Waals surface area contributed by atoms with Crippen molar-refractivity contribution in [2.75, 3.05) is 0 Å². The van der Waals surface area contributed by atoms with Crippen molar-refractivity contribution < 1.29 is 24.2 Å². The number of carboxylic acid groups (broad SMARTS) is 2. The van der Waals surface area contributed by atoms with Gasteiger partial charge < -0.3 is 24.2 Å². The third-order valence-corrected chi connectivity index (χ3v) is 1.01. The van der Waals surface area contributed by atoms with Gasteiger partial charge in [-0.05, 0) is 12.1 Å². The first-order valence-corrected chi connectivity index (χ1v) is 2.64. The second kappa shape index (κ2) is 4.49. The first-order chi connectivity index (χ1) is 5.11. The van der Waals surface area contributed by atoms with Gasteiger partial charge in [0.25, 0.3) is 0 Å². The summed E-state index contributed by atoms with van der Waals surface area (Å²) in [5.74, 6) is -4.16. The van der Waals surface area contributed by atoms with Gasteiger partial charge in [0.15, 0.2) is 0 Å². The Balaban J connectivity index is 0.00000121. The van der Waals surface area contributed by atoms with Crippen molar-refractivity contribution in [2.24, 2.45) is 0 Å². The molecule has 0 saturated carbocycles. The number of carbonyl (C=O) groups excluding carboxylic acids is 2. The van der Waals surface area contributed by atoms with Crippen LogP contribution < -0.4 is 10.2 Å². The van der Waals surface area contributed by atoms with Crippen LogP contribution >= 0.6 is 0 Å². The maximum absolute atomic E-state index is 10.0. The minimum atomic E-state index is -1.56. The van der Waals surface area contributed by atoms with Crippen LogP contribution in [0.2, 0.25) is 0 Å². The molecule has 0 amide bonds. The summed E-state index contributed by atoms with van der Waals surface area (Å²) in [5, 5.41) is 20.0. The van der Waals surface area contributed by atoms with E-state index in [1.165, 1.54) is 0 Å². The van der Waals surface area contributed by atoms with Crippen molar-refractivity contribution in [3.63, 3.8) is 0 Å². The van der Waals surface area contributed by atoms with Crippen LogP contribution in [0.5, 0.6) is 0 Å². The van der Waals surface area contributed by atoms with Gasteiger partial charge in [-0.25, -0.2) is 0 Å². The Morgan fingerprint density at radius 3 is 1.58 bits per heavy atom. The Bertz CT molecular complexity index is 274. The van der Waals surface area contributed by atoms with Crippen LogP contribution in [0.1, 0.15) is 21.1 Å². The molecule has 1 aromatic heterocycles. The van der Waals surface area contributed by atoms with Crippen LogP contribution in [0.4, 0.5) is 0 Å². The van der Waals surface area contributed by atoms with Crippen molar-refractivity contribution in [2.45, 2.75) is 0 Å². The van der Waals surface area contributed by atoms with Crippen LogP contribution in [-0.4, -0.2) is 49.7 Å². The fraction of sp³-hybridized carbons (Fsp3) is 0. The van der Waals surface area contributed by atoms with Crippen LogP contribution in [0, 0.1) is 0 Å². The predicted molar refractivity (Wildman–Crippen MR) is 33.1 cm³/mol. The summed E-state index contributed by atoms with van der Waals surface area (Å²) in [4.78, 5) is 20.0. The summed E-state index contributed by atoms with van der Waals surface area (Å²) in [6.07, 6.45) is 0. The van der Waals surface area contributed by atoms with E-state index in [1.807, 2.05) is 0 Å². The topological polar surface area (TPSA) is 93.4 Å². The smallest absolute Gasteiger partial charge is 0.542 e. The molecular weight excluding hydrogens is 192 g/mol. The second-order valence-corrected chi connectivity index (χ2v) is 1.74. The molecule has 0 spiro atoms. The fourth-order valence-corrected chi connectivity index (χ4v) is 0.557. The normalized spacial score (nSPS) is 8.67. The molecule has 0 atom stereocenters. The van der Waals surface area contributed by atoms with E-state index in [2.05, 4.69) is 4.42 Å². The average Bonchev–Trinajstić information content (AvgIpc) is 2.33. The van der Waals surface area contributed by atoms with E-state index in [1.54, 1.807) is 0 Å². The molecular formula is C6H2CaO5. The van der Waals surface area contributed by atoms with Crippen LogP contribution in [-0.2, 0) is 0 Å². The van der Waals surface area contributed by atoms with E-state index in [0.717, 1.165) is 12.1 Å². The van der Waals surface area contributed by atoms with E-state index < -0.39 is 23.5 Å². The zero-order valence-electron chi connectivity index (χ0n) is 5.90. The zero-order chi connectivity index (χ0) is 8.43. The Kier molecular flexibility index (Phi) is 4.30. The molecule has 5 nitrogen and oxygen atoms in total. The van der Waals surface area contributed by atoms with Gasteiger partial charge in [-0.15, -0.1) is 0 Å². The third-order valence-electron chi connectivity index (χ3n) is 1.01. The average molecular weight is 194 g/mol. The van der Waals surface area contributed by atoms with Gasteiger partial charge in [0.05, 0.1) is 0 Å². The fourth-order valence-electron chi connectivity index (χ4n) is 0.557. The molecule has 0 aliphatic rings. The van der Waals surface area contributed by atoms with Gasteiger partial charge >= 0.3 is 37.7 Å². The molecule has 0 N–H and O–H groups in total. The van der Waals surface area contributed by atoms with Crippen molar-refractivity contribution >= 4 is 49.7 Å². The van der Waals surface area contributed by atoms with Crippen LogP contribution in [0.25, 0.3) is 0 Å². The Labute approximate surface area is 97.0 Å². The number of furan rings is 1. The van der Waals surface area contributed by atoms with Crippen molar-refractivity contribution in [3.05, 3.63) is 23.7 Å². The molecule has 0 fully saturated rings. The first-order valence-electron chi connectivity index (χ1n) is 2.64. The molecule has 58 valence electrons. The Morgan fingerprint density at radius 2 is 1.42 bits per heavy atom. The van der Waals surface area contributed by atoms with E-state index in [9.17, 15) is 19.8 Å². The molecule has 1 heterocycles. The van der Waals surface area contributed by atoms with Crippen molar-refractivity contribution in [1.82, 2.24) is 0 Å². The molecule has 0 saturated heterocycles. The van der Waals surface area contributed by atoms with Gasteiger partial charge in [0.1, 0.15) is 23.5 Å². The first kappa shape index (κ1) is 11.5. The molecule has 0 unspecified atom stereocenters. The maximum atomic E-state index is 10.0. The summed E-state index contributed by atoms with van der Waals surface area (Å²) in [6.45, 7) is 0. The molecule has 12 heavy (non-hydrogen) atoms. The largest absolute Gasteiger partial charge is 2.00 e. The van der Waals surface area contributed by atoms with E-state index in [4.69, 9.17) is 0 Å². The summed E-state index contributed by atoms with van der Waals surface area (Å²) in [5.41, 5.74) is 0. The SMILES string of the molecule is O=C([O-])c1ccc(C(=O)[O-])o1.[Ca+2]. The van der Waals surface area contributed by atoms with Gasteiger partial charge in [0, 0.05) is 0 Å². The van der Waals surface area contributed by atoms with E-state index >= 15 is 0 Å². The monoisotopic (exact) mass is 194 g/mol. The number of carboxylic acids is 2. The van der Waals surface area contributed by atoms with E-state index in [-0.39, 0.29) is 37.7 Å². The Hall–Kier alpha value is -0.520. The van der Waals surface area contributed by atoms with Crippen LogP contribution in [0.15, 0.2) is 16.5 Å². The summed E-state index contributed by atoms with van der Waals surface area (Å²) < 4.78 is 4.28. The molecule has 0 aliphatic heterocycles. The van der Waals surface area contributed by atoms with Crippen molar-refractivity contribution in [3.8, 4) is 0 Å². The minimum absolute atomic E-state index is 0. The number of aromatic carboxylic acids is 2. The Morgan fingerprint density at radius 1 is 1.08 bits per heavy atom. The van der Waals surface area contributed by atoms with Gasteiger partial charge in [-0.1, -0.05) is 0 Å². The molecule has 1 aromatic rings. The summed E-state index contributed by atoms with van der Waals surface area (Å²) in [7, 11) is 0.